The summed E-state index contributed by atoms with van der Waals surface area (Å²) in [5.41, 5.74) is 0.850. The molecule has 9 heteroatoms. The van der Waals surface area contributed by atoms with Crippen molar-refractivity contribution in [2.45, 2.75) is 13.8 Å². The Balaban J connectivity index is 2.33. The number of pyridine rings is 1. The molecule has 0 aliphatic carbocycles. The monoisotopic (exact) mass is 392 g/mol. The van der Waals surface area contributed by atoms with E-state index in [4.69, 9.17) is 14.2 Å². The molecule has 2 rings (SSSR count). The number of methoxy groups -OCH3 is 1. The SMILES string of the molecule is CCOC(=O)c1c(NC(=O)c2cccnc2)sc(C(=O)OCCOC)c1C. The molecule has 0 atom stereocenters. The highest BCUT2D eigenvalue weighted by Gasteiger charge is 2.27. The van der Waals surface area contributed by atoms with Gasteiger partial charge >= 0.3 is 11.9 Å². The van der Waals surface area contributed by atoms with Crippen molar-refractivity contribution in [2.75, 3.05) is 32.2 Å². The smallest absolute Gasteiger partial charge is 0.348 e. The second-order valence-electron chi connectivity index (χ2n) is 5.31. The van der Waals surface area contributed by atoms with Crippen molar-refractivity contribution >= 4 is 34.2 Å². The number of hydrogen-bond donors (Lipinski definition) is 1. The van der Waals surface area contributed by atoms with Gasteiger partial charge < -0.3 is 19.5 Å². The summed E-state index contributed by atoms with van der Waals surface area (Å²) in [6.07, 6.45) is 2.95. The zero-order valence-electron chi connectivity index (χ0n) is 15.2. The molecule has 0 unspecified atom stereocenters. The maximum atomic E-state index is 12.4. The van der Waals surface area contributed by atoms with Gasteiger partial charge in [0.1, 0.15) is 16.5 Å². The maximum absolute atomic E-state index is 12.4. The fourth-order valence-electron chi connectivity index (χ4n) is 2.20. The molecule has 2 aromatic rings. The summed E-state index contributed by atoms with van der Waals surface area (Å²) in [6, 6.07) is 3.21. The first-order valence-corrected chi connectivity index (χ1v) is 8.99. The van der Waals surface area contributed by atoms with Gasteiger partial charge in [0.2, 0.25) is 0 Å². The molecule has 0 bridgehead atoms. The van der Waals surface area contributed by atoms with Crippen molar-refractivity contribution in [3.8, 4) is 0 Å². The van der Waals surface area contributed by atoms with Crippen molar-refractivity contribution in [1.29, 1.82) is 0 Å². The van der Waals surface area contributed by atoms with Crippen LogP contribution in [0.4, 0.5) is 5.00 Å². The molecular formula is C18H20N2O6S. The number of hydrogen-bond acceptors (Lipinski definition) is 8. The lowest BCUT2D eigenvalue weighted by Gasteiger charge is -2.07. The third kappa shape index (κ3) is 5.11. The maximum Gasteiger partial charge on any atom is 0.348 e. The van der Waals surface area contributed by atoms with Crippen LogP contribution < -0.4 is 5.32 Å². The van der Waals surface area contributed by atoms with Gasteiger partial charge in [-0.05, 0) is 31.5 Å². The van der Waals surface area contributed by atoms with Crippen LogP contribution in [0.1, 0.15) is 42.9 Å². The molecule has 0 fully saturated rings. The lowest BCUT2D eigenvalue weighted by Crippen LogP contribution is -2.15. The van der Waals surface area contributed by atoms with Gasteiger partial charge in [0.15, 0.2) is 0 Å². The largest absolute Gasteiger partial charge is 0.462 e. The number of aromatic nitrogens is 1. The molecule has 0 saturated heterocycles. The van der Waals surface area contributed by atoms with Crippen molar-refractivity contribution < 1.29 is 28.6 Å². The molecule has 2 heterocycles. The molecule has 0 saturated carbocycles. The highest BCUT2D eigenvalue weighted by atomic mass is 32.1. The summed E-state index contributed by atoms with van der Waals surface area (Å²) in [7, 11) is 1.50. The third-order valence-electron chi connectivity index (χ3n) is 3.48. The molecule has 1 amide bonds. The molecule has 0 radical (unpaired) electrons. The number of nitrogens with zero attached hydrogens (tertiary/aromatic N) is 1. The first kappa shape index (κ1) is 20.5. The fourth-order valence-corrected chi connectivity index (χ4v) is 3.28. The quantitative estimate of drug-likeness (QED) is 0.544. The molecule has 27 heavy (non-hydrogen) atoms. The van der Waals surface area contributed by atoms with E-state index in [0.717, 1.165) is 11.3 Å². The Hall–Kier alpha value is -2.78. The predicted molar refractivity (Wildman–Crippen MR) is 99.4 cm³/mol. The fraction of sp³-hybridized carbons (Fsp3) is 0.333. The first-order valence-electron chi connectivity index (χ1n) is 8.17. The Labute approximate surface area is 160 Å². The summed E-state index contributed by atoms with van der Waals surface area (Å²) in [6.45, 7) is 3.78. The molecule has 144 valence electrons. The van der Waals surface area contributed by atoms with E-state index in [1.54, 1.807) is 32.2 Å². The van der Waals surface area contributed by atoms with Crippen LogP contribution in [-0.4, -0.2) is 49.8 Å². The van der Waals surface area contributed by atoms with Gasteiger partial charge in [0, 0.05) is 19.5 Å². The number of carbonyl (C=O) groups excluding carboxylic acids is 3. The Bertz CT molecular complexity index is 819. The number of esters is 2. The average molecular weight is 392 g/mol. The summed E-state index contributed by atoms with van der Waals surface area (Å²) >= 11 is 0.961. The van der Waals surface area contributed by atoms with E-state index < -0.39 is 17.8 Å². The van der Waals surface area contributed by atoms with Crippen LogP contribution in [0, 0.1) is 6.92 Å². The van der Waals surface area contributed by atoms with Crippen LogP contribution in [0.2, 0.25) is 0 Å². The van der Waals surface area contributed by atoms with E-state index in [9.17, 15) is 14.4 Å². The predicted octanol–water partition coefficient (Wildman–Crippen LogP) is 2.68. The number of amides is 1. The second kappa shape index (κ2) is 9.79. The summed E-state index contributed by atoms with van der Waals surface area (Å²) in [5, 5.41) is 2.88. The summed E-state index contributed by atoms with van der Waals surface area (Å²) in [4.78, 5) is 41.2. The lowest BCUT2D eigenvalue weighted by molar-refractivity contribution is 0.0392. The molecule has 2 aromatic heterocycles. The van der Waals surface area contributed by atoms with Gasteiger partial charge in [0.25, 0.3) is 5.91 Å². The normalized spacial score (nSPS) is 10.3. The van der Waals surface area contributed by atoms with Gasteiger partial charge in [-0.25, -0.2) is 9.59 Å². The van der Waals surface area contributed by atoms with E-state index in [1.807, 2.05) is 0 Å². The highest BCUT2D eigenvalue weighted by Crippen LogP contribution is 2.34. The number of carbonyl (C=O) groups is 3. The Morgan fingerprint density at radius 1 is 1.19 bits per heavy atom. The van der Waals surface area contributed by atoms with Crippen LogP contribution in [0.25, 0.3) is 0 Å². The minimum atomic E-state index is -0.622. The van der Waals surface area contributed by atoms with Crippen molar-refractivity contribution in [2.24, 2.45) is 0 Å². The zero-order valence-corrected chi connectivity index (χ0v) is 16.1. The van der Waals surface area contributed by atoms with Crippen molar-refractivity contribution in [3.05, 3.63) is 46.1 Å². The zero-order chi connectivity index (χ0) is 19.8. The topological polar surface area (TPSA) is 104 Å². The molecule has 1 N–H and O–H groups in total. The number of rotatable bonds is 8. The third-order valence-corrected chi connectivity index (χ3v) is 4.67. The molecule has 0 spiro atoms. The van der Waals surface area contributed by atoms with Crippen molar-refractivity contribution in [1.82, 2.24) is 4.98 Å². The van der Waals surface area contributed by atoms with Crippen LogP contribution in [0.3, 0.4) is 0 Å². The molecular weight excluding hydrogens is 372 g/mol. The average Bonchev–Trinajstić information content (AvgIpc) is 2.98. The number of thiophene rings is 1. The van der Waals surface area contributed by atoms with Gasteiger partial charge in [0.05, 0.1) is 24.3 Å². The van der Waals surface area contributed by atoms with E-state index in [1.165, 1.54) is 13.3 Å². The lowest BCUT2D eigenvalue weighted by atomic mass is 10.1. The Kier molecular flexibility index (Phi) is 7.44. The van der Waals surface area contributed by atoms with Crippen LogP contribution in [-0.2, 0) is 14.2 Å². The van der Waals surface area contributed by atoms with Gasteiger partial charge in [-0.15, -0.1) is 11.3 Å². The van der Waals surface area contributed by atoms with E-state index in [-0.39, 0.29) is 35.3 Å². The minimum absolute atomic E-state index is 0.0821. The summed E-state index contributed by atoms with van der Waals surface area (Å²) in [5.74, 6) is -1.67. The van der Waals surface area contributed by atoms with Crippen LogP contribution in [0.5, 0.6) is 0 Å². The van der Waals surface area contributed by atoms with Crippen molar-refractivity contribution in [3.63, 3.8) is 0 Å². The Morgan fingerprint density at radius 3 is 2.59 bits per heavy atom. The van der Waals surface area contributed by atoms with E-state index in [2.05, 4.69) is 10.3 Å². The first-order chi connectivity index (χ1) is 13.0. The summed E-state index contributed by atoms with van der Waals surface area (Å²) < 4.78 is 15.0. The van der Waals surface area contributed by atoms with Crippen LogP contribution in [0.15, 0.2) is 24.5 Å². The molecule has 8 nitrogen and oxygen atoms in total. The van der Waals surface area contributed by atoms with Gasteiger partial charge in [-0.1, -0.05) is 0 Å². The molecule has 0 aromatic carbocycles. The van der Waals surface area contributed by atoms with Crippen LogP contribution >= 0.6 is 11.3 Å². The highest BCUT2D eigenvalue weighted by molar-refractivity contribution is 7.18. The molecule has 0 aliphatic rings. The van der Waals surface area contributed by atoms with Gasteiger partial charge in [-0.3, -0.25) is 9.78 Å². The Morgan fingerprint density at radius 2 is 1.96 bits per heavy atom. The molecule has 0 aliphatic heterocycles. The number of anilines is 1. The van der Waals surface area contributed by atoms with E-state index in [0.29, 0.717) is 11.1 Å². The number of nitrogens with one attached hydrogen (secondary N) is 1. The number of ether oxygens (including phenoxy) is 3. The van der Waals surface area contributed by atoms with E-state index >= 15 is 0 Å². The van der Waals surface area contributed by atoms with Gasteiger partial charge in [-0.2, -0.15) is 0 Å². The standard InChI is InChI=1S/C18H20N2O6S/c1-4-25-17(22)13-11(2)14(18(23)26-9-8-24-3)27-16(13)20-15(21)12-6-5-7-19-10-12/h5-7,10H,4,8-9H2,1-3H3,(H,20,21). The minimum Gasteiger partial charge on any atom is -0.462 e. The second-order valence-corrected chi connectivity index (χ2v) is 6.33.